The Morgan fingerprint density at radius 1 is 1.27 bits per heavy atom. The van der Waals surface area contributed by atoms with Gasteiger partial charge >= 0.3 is 0 Å². The molecule has 0 bridgehead atoms. The second-order valence-corrected chi connectivity index (χ2v) is 4.27. The Hall–Kier alpha value is -1.09. The third-order valence-electron chi connectivity index (χ3n) is 2.88. The summed E-state index contributed by atoms with van der Waals surface area (Å²) in [5.41, 5.74) is -0.224. The molecule has 1 aliphatic rings. The van der Waals surface area contributed by atoms with Gasteiger partial charge in [-0.3, -0.25) is 0 Å². The van der Waals surface area contributed by atoms with E-state index in [1.165, 1.54) is 12.1 Å². The van der Waals surface area contributed by atoms with Gasteiger partial charge in [0.05, 0.1) is 13.2 Å². The molecule has 0 N–H and O–H groups in total. The van der Waals surface area contributed by atoms with E-state index >= 15 is 0 Å². The van der Waals surface area contributed by atoms with E-state index in [0.29, 0.717) is 24.9 Å². The number of benzene rings is 1. The van der Waals surface area contributed by atoms with Crippen molar-refractivity contribution in [1.82, 2.24) is 0 Å². The largest absolute Gasteiger partial charge is 0.482 e. The summed E-state index contributed by atoms with van der Waals surface area (Å²) in [6.07, 6.45) is 0. The molecule has 0 radical (unpaired) electrons. The van der Waals surface area contributed by atoms with Crippen molar-refractivity contribution in [3.05, 3.63) is 30.1 Å². The van der Waals surface area contributed by atoms with Crippen LogP contribution in [0.4, 0.5) is 4.39 Å². The molecule has 15 heavy (non-hydrogen) atoms. The van der Waals surface area contributed by atoms with Crippen LogP contribution in [0.5, 0.6) is 5.75 Å². The minimum atomic E-state index is -0.245. The molecule has 0 unspecified atom stereocenters. The summed E-state index contributed by atoms with van der Waals surface area (Å²) < 4.78 is 23.8. The zero-order valence-corrected chi connectivity index (χ0v) is 9.00. The summed E-state index contributed by atoms with van der Waals surface area (Å²) in [6, 6.07) is 6.11. The molecule has 3 heteroatoms. The van der Waals surface area contributed by atoms with Crippen molar-refractivity contribution in [3.8, 4) is 5.75 Å². The summed E-state index contributed by atoms with van der Waals surface area (Å²) in [7, 11) is 0. The zero-order valence-electron chi connectivity index (χ0n) is 9.00. The summed E-state index contributed by atoms with van der Waals surface area (Å²) in [5, 5.41) is 0. The lowest BCUT2D eigenvalue weighted by Crippen LogP contribution is -2.58. The van der Waals surface area contributed by atoms with Crippen molar-refractivity contribution in [1.29, 1.82) is 0 Å². The SMILES string of the molecule is CC(C)C1(Oc2ccc(F)cc2)COC1. The number of hydrogen-bond acceptors (Lipinski definition) is 2. The van der Waals surface area contributed by atoms with Gasteiger partial charge in [-0.1, -0.05) is 13.8 Å². The van der Waals surface area contributed by atoms with Crippen molar-refractivity contribution >= 4 is 0 Å². The molecule has 0 spiro atoms. The summed E-state index contributed by atoms with van der Waals surface area (Å²) in [5.74, 6) is 0.843. The maximum atomic E-state index is 12.7. The quantitative estimate of drug-likeness (QED) is 0.763. The van der Waals surface area contributed by atoms with Crippen LogP contribution in [0.25, 0.3) is 0 Å². The van der Waals surface area contributed by atoms with Gasteiger partial charge in [0.15, 0.2) is 5.60 Å². The monoisotopic (exact) mass is 210 g/mol. The fourth-order valence-corrected chi connectivity index (χ4v) is 1.55. The lowest BCUT2D eigenvalue weighted by molar-refractivity contribution is -0.184. The molecular weight excluding hydrogens is 195 g/mol. The van der Waals surface area contributed by atoms with Crippen molar-refractivity contribution in [3.63, 3.8) is 0 Å². The molecule has 1 fully saturated rings. The molecule has 1 aromatic carbocycles. The second-order valence-electron chi connectivity index (χ2n) is 4.27. The highest BCUT2D eigenvalue weighted by molar-refractivity contribution is 5.23. The first-order chi connectivity index (χ1) is 7.12. The number of ether oxygens (including phenoxy) is 2. The number of hydrogen-bond donors (Lipinski definition) is 0. The lowest BCUT2D eigenvalue weighted by atomic mass is 9.88. The molecular formula is C12H15FO2. The van der Waals surface area contributed by atoms with Gasteiger partial charge in [-0.15, -0.1) is 0 Å². The van der Waals surface area contributed by atoms with Crippen molar-refractivity contribution < 1.29 is 13.9 Å². The van der Waals surface area contributed by atoms with E-state index in [4.69, 9.17) is 9.47 Å². The predicted octanol–water partition coefficient (Wildman–Crippen LogP) is 2.63. The average molecular weight is 210 g/mol. The van der Waals surface area contributed by atoms with Gasteiger partial charge in [0.2, 0.25) is 0 Å². The third-order valence-corrected chi connectivity index (χ3v) is 2.88. The highest BCUT2D eigenvalue weighted by Crippen LogP contribution is 2.32. The van der Waals surface area contributed by atoms with Crippen molar-refractivity contribution in [2.24, 2.45) is 5.92 Å². The van der Waals surface area contributed by atoms with Gasteiger partial charge in [0.1, 0.15) is 11.6 Å². The van der Waals surface area contributed by atoms with Crippen LogP contribution in [0, 0.1) is 11.7 Å². The van der Waals surface area contributed by atoms with Gasteiger partial charge in [0.25, 0.3) is 0 Å². The highest BCUT2D eigenvalue weighted by Gasteiger charge is 2.44. The molecule has 0 saturated carbocycles. The van der Waals surface area contributed by atoms with Gasteiger partial charge in [-0.05, 0) is 30.2 Å². The molecule has 0 atom stereocenters. The van der Waals surface area contributed by atoms with E-state index in [0.717, 1.165) is 0 Å². The van der Waals surface area contributed by atoms with Gasteiger partial charge < -0.3 is 9.47 Å². The van der Waals surface area contributed by atoms with Crippen LogP contribution in [-0.2, 0) is 4.74 Å². The molecule has 0 aliphatic carbocycles. The van der Waals surface area contributed by atoms with Gasteiger partial charge in [-0.2, -0.15) is 0 Å². The van der Waals surface area contributed by atoms with Crippen LogP contribution >= 0.6 is 0 Å². The van der Waals surface area contributed by atoms with Crippen LogP contribution in [0.1, 0.15) is 13.8 Å². The van der Waals surface area contributed by atoms with E-state index in [2.05, 4.69) is 13.8 Å². The Kier molecular flexibility index (Phi) is 2.65. The molecule has 2 rings (SSSR count). The van der Waals surface area contributed by atoms with Gasteiger partial charge in [-0.25, -0.2) is 4.39 Å². The summed E-state index contributed by atoms with van der Waals surface area (Å²) in [4.78, 5) is 0. The first-order valence-electron chi connectivity index (χ1n) is 5.15. The Bertz CT molecular complexity index is 328. The van der Waals surface area contributed by atoms with E-state index in [1.807, 2.05) is 0 Å². The van der Waals surface area contributed by atoms with Crippen molar-refractivity contribution in [2.45, 2.75) is 19.4 Å². The summed E-state index contributed by atoms with van der Waals surface area (Å²) in [6.45, 7) is 5.43. The van der Waals surface area contributed by atoms with Crippen LogP contribution in [0.2, 0.25) is 0 Å². The molecule has 1 aromatic rings. The molecule has 1 heterocycles. The maximum Gasteiger partial charge on any atom is 0.157 e. The molecule has 1 aliphatic heterocycles. The predicted molar refractivity (Wildman–Crippen MR) is 55.4 cm³/mol. The minimum Gasteiger partial charge on any atom is -0.482 e. The molecule has 1 saturated heterocycles. The van der Waals surface area contributed by atoms with Crippen LogP contribution in [-0.4, -0.2) is 18.8 Å². The fourth-order valence-electron chi connectivity index (χ4n) is 1.55. The topological polar surface area (TPSA) is 18.5 Å². The Morgan fingerprint density at radius 2 is 1.87 bits per heavy atom. The summed E-state index contributed by atoms with van der Waals surface area (Å²) >= 11 is 0. The first kappa shape index (κ1) is 10.4. The smallest absolute Gasteiger partial charge is 0.157 e. The van der Waals surface area contributed by atoms with Crippen LogP contribution < -0.4 is 4.74 Å². The molecule has 82 valence electrons. The number of rotatable bonds is 3. The third kappa shape index (κ3) is 1.97. The number of halogens is 1. The average Bonchev–Trinajstić information content (AvgIpc) is 2.13. The maximum absolute atomic E-state index is 12.7. The zero-order chi connectivity index (χ0) is 10.9. The Labute approximate surface area is 89.0 Å². The normalized spacial score (nSPS) is 18.7. The van der Waals surface area contributed by atoms with Crippen LogP contribution in [0.15, 0.2) is 24.3 Å². The van der Waals surface area contributed by atoms with Crippen LogP contribution in [0.3, 0.4) is 0 Å². The Balaban J connectivity index is 2.10. The molecule has 2 nitrogen and oxygen atoms in total. The molecule has 0 amide bonds. The van der Waals surface area contributed by atoms with Crippen molar-refractivity contribution in [2.75, 3.05) is 13.2 Å². The standard InChI is InChI=1S/C12H15FO2/c1-9(2)12(7-14-8-12)15-11-5-3-10(13)4-6-11/h3-6,9H,7-8H2,1-2H3. The second kappa shape index (κ2) is 3.81. The molecule has 0 aromatic heterocycles. The highest BCUT2D eigenvalue weighted by atomic mass is 19.1. The minimum absolute atomic E-state index is 0.224. The van der Waals surface area contributed by atoms with E-state index in [-0.39, 0.29) is 11.4 Å². The first-order valence-corrected chi connectivity index (χ1v) is 5.15. The van der Waals surface area contributed by atoms with E-state index in [1.54, 1.807) is 12.1 Å². The fraction of sp³-hybridized carbons (Fsp3) is 0.500. The van der Waals surface area contributed by atoms with Gasteiger partial charge in [0, 0.05) is 0 Å². The Morgan fingerprint density at radius 3 is 2.27 bits per heavy atom. The van der Waals surface area contributed by atoms with E-state index < -0.39 is 0 Å². The lowest BCUT2D eigenvalue weighted by Gasteiger charge is -2.44. The van der Waals surface area contributed by atoms with E-state index in [9.17, 15) is 4.39 Å².